The fourth-order valence-electron chi connectivity index (χ4n) is 3.75. The first-order valence-electron chi connectivity index (χ1n) is 11.1. The molecule has 0 aliphatic carbocycles. The lowest BCUT2D eigenvalue weighted by Gasteiger charge is -2.10. The molecule has 0 bridgehead atoms. The molecule has 0 aliphatic heterocycles. The van der Waals surface area contributed by atoms with Crippen LogP contribution in [-0.2, 0) is 17.8 Å². The largest absolute Gasteiger partial charge is 0.355 e. The van der Waals surface area contributed by atoms with Gasteiger partial charge >= 0.3 is 0 Å². The Bertz CT molecular complexity index is 1210. The van der Waals surface area contributed by atoms with Gasteiger partial charge in [0.2, 0.25) is 5.91 Å². The van der Waals surface area contributed by atoms with Crippen molar-refractivity contribution >= 4 is 29.0 Å². The molecule has 2 aromatic carbocycles. The van der Waals surface area contributed by atoms with Crippen molar-refractivity contribution in [3.05, 3.63) is 76.0 Å². The molecule has 33 heavy (non-hydrogen) atoms. The summed E-state index contributed by atoms with van der Waals surface area (Å²) in [6.07, 6.45) is 0.825. The Balaban J connectivity index is 1.45. The number of amides is 1. The topological polar surface area (TPSA) is 59.8 Å². The molecule has 1 amide bonds. The van der Waals surface area contributed by atoms with Gasteiger partial charge in [0, 0.05) is 34.5 Å². The molecular formula is C26H28N4OS2. The van der Waals surface area contributed by atoms with Gasteiger partial charge in [0.15, 0.2) is 11.0 Å². The third-order valence-corrected chi connectivity index (χ3v) is 7.38. The standard InChI is InChI=1S/C26H28N4OS2/c1-4-30-25(22-16-32-19(3)24(22)21-12-10-18(2)11-13-21)28-29-26(30)33-17-23(31)27-15-14-20-8-6-5-7-9-20/h5-13,16H,4,14-15,17H2,1-3H3,(H,27,31). The number of nitrogens with zero attached hydrogens (tertiary/aromatic N) is 3. The third-order valence-electron chi connectivity index (χ3n) is 5.50. The lowest BCUT2D eigenvalue weighted by atomic mass is 10.0. The van der Waals surface area contributed by atoms with E-state index in [1.807, 2.05) is 18.2 Å². The lowest BCUT2D eigenvalue weighted by molar-refractivity contribution is -0.118. The number of hydrogen-bond acceptors (Lipinski definition) is 5. The molecule has 4 aromatic rings. The molecule has 5 nitrogen and oxygen atoms in total. The summed E-state index contributed by atoms with van der Waals surface area (Å²) in [5.41, 5.74) is 5.95. The SMILES string of the molecule is CCn1c(SCC(=O)NCCc2ccccc2)nnc1-c1csc(C)c1-c1ccc(C)cc1. The van der Waals surface area contributed by atoms with E-state index < -0.39 is 0 Å². The number of carbonyl (C=O) groups is 1. The van der Waals surface area contributed by atoms with E-state index in [9.17, 15) is 4.79 Å². The van der Waals surface area contributed by atoms with E-state index in [1.54, 1.807) is 11.3 Å². The summed E-state index contributed by atoms with van der Waals surface area (Å²) in [6, 6.07) is 18.8. The fourth-order valence-corrected chi connectivity index (χ4v) is 5.45. The van der Waals surface area contributed by atoms with Crippen LogP contribution >= 0.6 is 23.1 Å². The lowest BCUT2D eigenvalue weighted by Crippen LogP contribution is -2.27. The zero-order valence-corrected chi connectivity index (χ0v) is 20.8. The normalized spacial score (nSPS) is 11.0. The van der Waals surface area contributed by atoms with Crippen LogP contribution in [0.2, 0.25) is 0 Å². The summed E-state index contributed by atoms with van der Waals surface area (Å²) >= 11 is 3.16. The van der Waals surface area contributed by atoms with Crippen molar-refractivity contribution in [2.24, 2.45) is 0 Å². The average Bonchev–Trinajstić information content (AvgIpc) is 3.41. The van der Waals surface area contributed by atoms with Crippen molar-refractivity contribution in [3.63, 3.8) is 0 Å². The molecule has 4 rings (SSSR count). The summed E-state index contributed by atoms with van der Waals surface area (Å²) in [5, 5.41) is 14.9. The van der Waals surface area contributed by atoms with Gasteiger partial charge in [-0.25, -0.2) is 0 Å². The van der Waals surface area contributed by atoms with Crippen LogP contribution in [0.5, 0.6) is 0 Å². The number of nitrogens with one attached hydrogen (secondary N) is 1. The molecule has 0 atom stereocenters. The van der Waals surface area contributed by atoms with Gasteiger partial charge in [0.05, 0.1) is 5.75 Å². The van der Waals surface area contributed by atoms with Crippen molar-refractivity contribution in [1.82, 2.24) is 20.1 Å². The highest BCUT2D eigenvalue weighted by atomic mass is 32.2. The Hall–Kier alpha value is -2.90. The van der Waals surface area contributed by atoms with Crippen LogP contribution in [0.4, 0.5) is 0 Å². The summed E-state index contributed by atoms with van der Waals surface area (Å²) in [5.74, 6) is 1.18. The Kier molecular flexibility index (Phi) is 7.62. The first kappa shape index (κ1) is 23.3. The van der Waals surface area contributed by atoms with Crippen LogP contribution in [0.15, 0.2) is 65.1 Å². The molecule has 0 saturated heterocycles. The van der Waals surface area contributed by atoms with Gasteiger partial charge in [-0.15, -0.1) is 21.5 Å². The zero-order valence-electron chi connectivity index (χ0n) is 19.2. The number of thiophene rings is 1. The van der Waals surface area contributed by atoms with Crippen LogP contribution in [0.3, 0.4) is 0 Å². The van der Waals surface area contributed by atoms with Crippen LogP contribution in [0.25, 0.3) is 22.5 Å². The van der Waals surface area contributed by atoms with Crippen LogP contribution in [-0.4, -0.2) is 33.0 Å². The number of aryl methyl sites for hydroxylation is 2. The predicted molar refractivity (Wildman–Crippen MR) is 138 cm³/mol. The molecule has 2 aromatic heterocycles. The molecule has 2 heterocycles. The van der Waals surface area contributed by atoms with Crippen LogP contribution in [0, 0.1) is 13.8 Å². The molecule has 0 saturated carbocycles. The van der Waals surface area contributed by atoms with E-state index in [0.717, 1.165) is 29.5 Å². The highest BCUT2D eigenvalue weighted by Crippen LogP contribution is 2.39. The molecule has 7 heteroatoms. The van der Waals surface area contributed by atoms with E-state index in [4.69, 9.17) is 0 Å². The van der Waals surface area contributed by atoms with Crippen molar-refractivity contribution in [2.45, 2.75) is 38.9 Å². The monoisotopic (exact) mass is 476 g/mol. The summed E-state index contributed by atoms with van der Waals surface area (Å²) in [4.78, 5) is 13.6. The number of benzene rings is 2. The van der Waals surface area contributed by atoms with Gasteiger partial charge in [0.25, 0.3) is 0 Å². The van der Waals surface area contributed by atoms with Crippen LogP contribution in [0.1, 0.15) is 22.9 Å². The minimum Gasteiger partial charge on any atom is -0.355 e. The predicted octanol–water partition coefficient (Wildman–Crippen LogP) is 5.76. The second-order valence-corrected chi connectivity index (χ2v) is 9.90. The van der Waals surface area contributed by atoms with E-state index in [0.29, 0.717) is 12.3 Å². The Morgan fingerprint density at radius 1 is 1.06 bits per heavy atom. The van der Waals surface area contributed by atoms with Crippen molar-refractivity contribution in [1.29, 1.82) is 0 Å². The molecule has 0 unspecified atom stereocenters. The van der Waals surface area contributed by atoms with Crippen molar-refractivity contribution in [2.75, 3.05) is 12.3 Å². The van der Waals surface area contributed by atoms with Gasteiger partial charge < -0.3 is 9.88 Å². The van der Waals surface area contributed by atoms with Gasteiger partial charge in [-0.05, 0) is 38.3 Å². The molecule has 0 spiro atoms. The number of carbonyl (C=O) groups excluding carboxylic acids is 1. The minimum absolute atomic E-state index is 0.00913. The summed E-state index contributed by atoms with van der Waals surface area (Å²) in [6.45, 7) is 7.69. The fraction of sp³-hybridized carbons (Fsp3) is 0.269. The van der Waals surface area contributed by atoms with Gasteiger partial charge in [-0.1, -0.05) is 71.9 Å². The zero-order chi connectivity index (χ0) is 23.2. The number of thioether (sulfide) groups is 1. The quantitative estimate of drug-likeness (QED) is 0.312. The number of aromatic nitrogens is 3. The Labute approximate surface area is 203 Å². The first-order chi connectivity index (χ1) is 16.1. The van der Waals surface area contributed by atoms with E-state index >= 15 is 0 Å². The average molecular weight is 477 g/mol. The van der Waals surface area contributed by atoms with E-state index in [2.05, 4.69) is 82.6 Å². The number of hydrogen-bond donors (Lipinski definition) is 1. The Morgan fingerprint density at radius 3 is 2.55 bits per heavy atom. The molecule has 1 N–H and O–H groups in total. The van der Waals surface area contributed by atoms with Crippen molar-refractivity contribution in [3.8, 4) is 22.5 Å². The van der Waals surface area contributed by atoms with Crippen LogP contribution < -0.4 is 5.32 Å². The molecular weight excluding hydrogens is 448 g/mol. The smallest absolute Gasteiger partial charge is 0.230 e. The van der Waals surface area contributed by atoms with Gasteiger partial charge in [-0.2, -0.15) is 0 Å². The highest BCUT2D eigenvalue weighted by molar-refractivity contribution is 7.99. The third kappa shape index (κ3) is 5.54. The molecule has 0 fully saturated rings. The van der Waals surface area contributed by atoms with E-state index in [1.165, 1.54) is 38.9 Å². The maximum Gasteiger partial charge on any atom is 0.230 e. The molecule has 0 radical (unpaired) electrons. The van der Waals surface area contributed by atoms with E-state index in [-0.39, 0.29) is 5.91 Å². The van der Waals surface area contributed by atoms with Gasteiger partial charge in [-0.3, -0.25) is 4.79 Å². The Morgan fingerprint density at radius 2 is 1.82 bits per heavy atom. The molecule has 0 aliphatic rings. The summed E-state index contributed by atoms with van der Waals surface area (Å²) < 4.78 is 2.10. The summed E-state index contributed by atoms with van der Waals surface area (Å²) in [7, 11) is 0. The minimum atomic E-state index is 0.00913. The number of rotatable bonds is 9. The second-order valence-electron chi connectivity index (χ2n) is 7.87. The van der Waals surface area contributed by atoms with Gasteiger partial charge in [0.1, 0.15) is 0 Å². The highest BCUT2D eigenvalue weighted by Gasteiger charge is 2.20. The maximum atomic E-state index is 12.4. The first-order valence-corrected chi connectivity index (χ1v) is 13.0. The van der Waals surface area contributed by atoms with Crippen molar-refractivity contribution < 1.29 is 4.79 Å². The molecule has 170 valence electrons. The maximum absolute atomic E-state index is 12.4. The second kappa shape index (κ2) is 10.8.